The molecular formula is C16H20ClNO3S. The molecule has 1 N–H and O–H groups in total. The van der Waals surface area contributed by atoms with Crippen LogP contribution in [0.5, 0.6) is 0 Å². The van der Waals surface area contributed by atoms with Crippen molar-refractivity contribution in [2.24, 2.45) is 5.92 Å². The lowest BCUT2D eigenvalue weighted by molar-refractivity contribution is -0.124. The number of benzene rings is 1. The zero-order valence-electron chi connectivity index (χ0n) is 12.3. The first-order valence-electron chi connectivity index (χ1n) is 7.72. The van der Waals surface area contributed by atoms with Gasteiger partial charge >= 0.3 is 0 Å². The Morgan fingerprint density at radius 1 is 1.14 bits per heavy atom. The minimum absolute atomic E-state index is 0.111. The van der Waals surface area contributed by atoms with Gasteiger partial charge < -0.3 is 5.32 Å². The summed E-state index contributed by atoms with van der Waals surface area (Å²) in [6.07, 6.45) is 4.69. The molecule has 120 valence electrons. The van der Waals surface area contributed by atoms with Crippen molar-refractivity contribution in [3.8, 4) is 0 Å². The monoisotopic (exact) mass is 341 g/mol. The lowest BCUT2D eigenvalue weighted by atomic mass is 9.79. The molecule has 22 heavy (non-hydrogen) atoms. The van der Waals surface area contributed by atoms with Crippen molar-refractivity contribution in [1.29, 1.82) is 0 Å². The average Bonchev–Trinajstić information content (AvgIpc) is 2.48. The zero-order valence-corrected chi connectivity index (χ0v) is 13.9. The molecule has 3 unspecified atom stereocenters. The summed E-state index contributed by atoms with van der Waals surface area (Å²) in [5, 5.41) is 2.59. The number of piperidine rings is 1. The quantitative estimate of drug-likeness (QED) is 0.919. The second kappa shape index (κ2) is 6.20. The Morgan fingerprint density at radius 3 is 2.55 bits per heavy atom. The van der Waals surface area contributed by atoms with E-state index in [-0.39, 0.29) is 17.7 Å². The highest BCUT2D eigenvalue weighted by Gasteiger charge is 2.42. The first-order chi connectivity index (χ1) is 10.5. The molecule has 1 aromatic carbocycles. The minimum atomic E-state index is -3.50. The van der Waals surface area contributed by atoms with Crippen LogP contribution < -0.4 is 5.32 Å². The third-order valence-electron chi connectivity index (χ3n) is 4.76. The van der Waals surface area contributed by atoms with Crippen LogP contribution in [0.4, 0.5) is 0 Å². The third-order valence-corrected chi connectivity index (χ3v) is 7.02. The Bertz CT molecular complexity index is 656. The lowest BCUT2D eigenvalue weighted by Crippen LogP contribution is -2.55. The Balaban J connectivity index is 1.76. The summed E-state index contributed by atoms with van der Waals surface area (Å²) in [6, 6.07) is 6.91. The van der Waals surface area contributed by atoms with Crippen molar-refractivity contribution in [1.82, 2.24) is 5.32 Å². The SMILES string of the molecule is O=C1NC2CCCCC2CC1S(=O)(=O)Cc1ccc(Cl)cc1. The molecule has 1 aliphatic heterocycles. The maximum absolute atomic E-state index is 12.6. The summed E-state index contributed by atoms with van der Waals surface area (Å²) >= 11 is 5.82. The molecule has 6 heteroatoms. The molecule has 1 saturated carbocycles. The van der Waals surface area contributed by atoms with Gasteiger partial charge in [-0.2, -0.15) is 0 Å². The van der Waals surface area contributed by atoms with Crippen LogP contribution in [0.25, 0.3) is 0 Å². The van der Waals surface area contributed by atoms with Crippen molar-refractivity contribution in [3.05, 3.63) is 34.9 Å². The van der Waals surface area contributed by atoms with Gasteiger partial charge in [0.2, 0.25) is 5.91 Å². The van der Waals surface area contributed by atoms with Gasteiger partial charge in [-0.15, -0.1) is 0 Å². The molecule has 2 aliphatic rings. The van der Waals surface area contributed by atoms with Gasteiger partial charge in [-0.25, -0.2) is 8.42 Å². The average molecular weight is 342 g/mol. The summed E-state index contributed by atoms with van der Waals surface area (Å²) in [6.45, 7) is 0. The molecule has 1 amide bonds. The molecule has 1 heterocycles. The minimum Gasteiger partial charge on any atom is -0.352 e. The number of carbonyl (C=O) groups is 1. The fraction of sp³-hybridized carbons (Fsp3) is 0.562. The lowest BCUT2D eigenvalue weighted by Gasteiger charge is -2.39. The first kappa shape index (κ1) is 15.8. The third kappa shape index (κ3) is 3.30. The predicted octanol–water partition coefficient (Wildman–Crippen LogP) is 2.70. The molecule has 3 atom stereocenters. The van der Waals surface area contributed by atoms with Gasteiger partial charge in [-0.05, 0) is 42.9 Å². The molecule has 3 rings (SSSR count). The summed E-state index contributed by atoms with van der Waals surface area (Å²) in [4.78, 5) is 12.2. The molecule has 0 aromatic heterocycles. The van der Waals surface area contributed by atoms with E-state index in [0.29, 0.717) is 22.9 Å². The summed E-state index contributed by atoms with van der Waals surface area (Å²) in [5.74, 6) is -0.131. The molecular weight excluding hydrogens is 322 g/mol. The van der Waals surface area contributed by atoms with Gasteiger partial charge in [0.1, 0.15) is 5.25 Å². The van der Waals surface area contributed by atoms with Gasteiger partial charge in [-0.1, -0.05) is 36.6 Å². The van der Waals surface area contributed by atoms with Crippen LogP contribution in [0, 0.1) is 5.92 Å². The highest BCUT2D eigenvalue weighted by atomic mass is 35.5. The van der Waals surface area contributed by atoms with Crippen LogP contribution in [0.1, 0.15) is 37.7 Å². The maximum atomic E-state index is 12.6. The maximum Gasteiger partial charge on any atom is 0.238 e. The van der Waals surface area contributed by atoms with Gasteiger partial charge in [0.25, 0.3) is 0 Å². The van der Waals surface area contributed by atoms with Crippen molar-refractivity contribution >= 4 is 27.3 Å². The Hall–Kier alpha value is -1.07. The summed E-state index contributed by atoms with van der Waals surface area (Å²) in [5.41, 5.74) is 0.669. The second-order valence-electron chi connectivity index (χ2n) is 6.32. The van der Waals surface area contributed by atoms with E-state index in [9.17, 15) is 13.2 Å². The fourth-order valence-corrected chi connectivity index (χ4v) is 5.48. The number of hydrogen-bond acceptors (Lipinski definition) is 3. The molecule has 2 fully saturated rings. The number of carbonyl (C=O) groups excluding carboxylic acids is 1. The largest absolute Gasteiger partial charge is 0.352 e. The van der Waals surface area contributed by atoms with E-state index < -0.39 is 15.1 Å². The highest BCUT2D eigenvalue weighted by Crippen LogP contribution is 2.33. The summed E-state index contributed by atoms with van der Waals surface area (Å²) in [7, 11) is -3.50. The summed E-state index contributed by atoms with van der Waals surface area (Å²) < 4.78 is 25.3. The Morgan fingerprint density at radius 2 is 1.82 bits per heavy atom. The predicted molar refractivity (Wildman–Crippen MR) is 86.4 cm³/mol. The van der Waals surface area contributed by atoms with Crippen LogP contribution in [-0.2, 0) is 20.4 Å². The van der Waals surface area contributed by atoms with Crippen LogP contribution in [0.3, 0.4) is 0 Å². The first-order valence-corrected chi connectivity index (χ1v) is 9.81. The van der Waals surface area contributed by atoms with Gasteiger partial charge in [0.15, 0.2) is 9.84 Å². The van der Waals surface area contributed by atoms with Gasteiger partial charge in [-0.3, -0.25) is 4.79 Å². The van der Waals surface area contributed by atoms with Crippen LogP contribution in [-0.4, -0.2) is 25.6 Å². The van der Waals surface area contributed by atoms with E-state index in [1.807, 2.05) is 0 Å². The number of hydrogen-bond donors (Lipinski definition) is 1. The molecule has 1 aromatic rings. The number of rotatable bonds is 3. The molecule has 1 saturated heterocycles. The normalized spacial score (nSPS) is 28.8. The molecule has 4 nitrogen and oxygen atoms in total. The second-order valence-corrected chi connectivity index (χ2v) is 8.94. The van der Waals surface area contributed by atoms with Crippen LogP contribution in [0.15, 0.2) is 24.3 Å². The van der Waals surface area contributed by atoms with Gasteiger partial charge in [0, 0.05) is 11.1 Å². The molecule has 0 spiro atoms. The van der Waals surface area contributed by atoms with Gasteiger partial charge in [0.05, 0.1) is 5.75 Å². The fourth-order valence-electron chi connectivity index (χ4n) is 3.56. The molecule has 0 bridgehead atoms. The highest BCUT2D eigenvalue weighted by molar-refractivity contribution is 7.92. The van der Waals surface area contributed by atoms with Crippen molar-refractivity contribution in [2.45, 2.75) is 49.1 Å². The van der Waals surface area contributed by atoms with Crippen LogP contribution in [0.2, 0.25) is 5.02 Å². The van der Waals surface area contributed by atoms with E-state index in [2.05, 4.69) is 5.32 Å². The standard InChI is InChI=1S/C16H20ClNO3S/c17-13-7-5-11(6-8-13)10-22(20,21)15-9-12-3-1-2-4-14(12)18-16(15)19/h5-8,12,14-15H,1-4,9-10H2,(H,18,19). The van der Waals surface area contributed by atoms with E-state index >= 15 is 0 Å². The van der Waals surface area contributed by atoms with E-state index in [1.54, 1.807) is 24.3 Å². The van der Waals surface area contributed by atoms with Crippen molar-refractivity contribution in [3.63, 3.8) is 0 Å². The van der Waals surface area contributed by atoms with Crippen molar-refractivity contribution < 1.29 is 13.2 Å². The smallest absolute Gasteiger partial charge is 0.238 e. The number of fused-ring (bicyclic) bond motifs is 1. The topological polar surface area (TPSA) is 63.2 Å². The number of sulfone groups is 1. The van der Waals surface area contributed by atoms with Crippen LogP contribution >= 0.6 is 11.6 Å². The Kier molecular flexibility index (Phi) is 4.46. The zero-order chi connectivity index (χ0) is 15.7. The number of halogens is 1. The number of amides is 1. The van der Waals surface area contributed by atoms with E-state index in [4.69, 9.17) is 11.6 Å². The molecule has 0 radical (unpaired) electrons. The molecule has 1 aliphatic carbocycles. The Labute approximate surface area is 136 Å². The van der Waals surface area contributed by atoms with E-state index in [0.717, 1.165) is 25.7 Å². The van der Waals surface area contributed by atoms with E-state index in [1.165, 1.54) is 0 Å². The van der Waals surface area contributed by atoms with Crippen molar-refractivity contribution in [2.75, 3.05) is 0 Å². The number of nitrogens with one attached hydrogen (secondary N) is 1.